The van der Waals surface area contributed by atoms with E-state index < -0.39 is 5.60 Å². The van der Waals surface area contributed by atoms with Gasteiger partial charge in [-0.2, -0.15) is 0 Å². The van der Waals surface area contributed by atoms with E-state index in [1.54, 1.807) is 0 Å². The van der Waals surface area contributed by atoms with Gasteiger partial charge >= 0.3 is 0 Å². The van der Waals surface area contributed by atoms with Gasteiger partial charge in [0.1, 0.15) is 11.1 Å². The molecule has 1 aromatic heterocycles. The highest BCUT2D eigenvalue weighted by molar-refractivity contribution is 5.73. The Morgan fingerprint density at radius 1 is 1.32 bits per heavy atom. The minimum atomic E-state index is -0.837. The Bertz CT molecular complexity index is 508. The lowest BCUT2D eigenvalue weighted by molar-refractivity contribution is 0.00789. The molecule has 1 heterocycles. The summed E-state index contributed by atoms with van der Waals surface area (Å²) in [6.07, 6.45) is 2.08. The summed E-state index contributed by atoms with van der Waals surface area (Å²) in [5.74, 6) is 0. The van der Waals surface area contributed by atoms with Crippen LogP contribution < -0.4 is 0 Å². The number of aromatic nitrogens is 1. The number of hydrogen-bond acceptors (Lipinski definition) is 4. The van der Waals surface area contributed by atoms with Gasteiger partial charge in [-0.3, -0.25) is 0 Å². The summed E-state index contributed by atoms with van der Waals surface area (Å²) in [6, 6.07) is 5.65. The van der Waals surface area contributed by atoms with E-state index >= 15 is 0 Å². The van der Waals surface area contributed by atoms with E-state index in [4.69, 9.17) is 4.42 Å². The molecule has 1 atom stereocenters. The summed E-state index contributed by atoms with van der Waals surface area (Å²) >= 11 is 0. The average molecular weight is 264 g/mol. The van der Waals surface area contributed by atoms with Crippen molar-refractivity contribution in [1.29, 1.82) is 0 Å². The quantitative estimate of drug-likeness (QED) is 0.922. The molecule has 0 amide bonds. The Hall–Kier alpha value is -1.39. The molecule has 0 aliphatic heterocycles. The third-order valence-corrected chi connectivity index (χ3v) is 3.03. The van der Waals surface area contributed by atoms with Gasteiger partial charge in [0.05, 0.1) is 0 Å². The molecule has 0 radical (unpaired) electrons. The number of oxazole rings is 1. The van der Waals surface area contributed by atoms with E-state index in [-0.39, 0.29) is 0 Å². The zero-order chi connectivity index (χ0) is 14.5. The first-order chi connectivity index (χ1) is 9.05. The van der Waals surface area contributed by atoms with E-state index in [1.165, 1.54) is 6.39 Å². The maximum Gasteiger partial charge on any atom is 0.181 e. The standard InChI is InChI=1S/C13H18N2O2.C2H6/c1-4-13(16,8-15(2)3)10-5-6-12-11(7-10)14-9-17-12;1-2/h5-7,9,16H,4,8H2,1-3H3;1-2H3. The van der Waals surface area contributed by atoms with E-state index in [1.807, 2.05) is 58.0 Å². The number of nitrogens with zero attached hydrogens (tertiary/aromatic N) is 2. The average Bonchev–Trinajstić information content (AvgIpc) is 2.87. The maximum absolute atomic E-state index is 10.7. The second kappa shape index (κ2) is 6.68. The first-order valence-corrected chi connectivity index (χ1v) is 6.76. The second-order valence-corrected chi connectivity index (χ2v) is 4.66. The summed E-state index contributed by atoms with van der Waals surface area (Å²) < 4.78 is 5.20. The van der Waals surface area contributed by atoms with E-state index in [0.29, 0.717) is 13.0 Å². The fourth-order valence-electron chi connectivity index (χ4n) is 2.08. The third-order valence-electron chi connectivity index (χ3n) is 3.03. The second-order valence-electron chi connectivity index (χ2n) is 4.66. The van der Waals surface area contributed by atoms with Gasteiger partial charge in [-0.05, 0) is 38.2 Å². The van der Waals surface area contributed by atoms with Gasteiger partial charge in [-0.25, -0.2) is 4.98 Å². The number of benzene rings is 1. The zero-order valence-corrected chi connectivity index (χ0v) is 12.5. The molecule has 0 aliphatic carbocycles. The highest BCUT2D eigenvalue weighted by Gasteiger charge is 2.28. The van der Waals surface area contributed by atoms with Gasteiger partial charge in [-0.1, -0.05) is 26.8 Å². The van der Waals surface area contributed by atoms with Crippen LogP contribution >= 0.6 is 0 Å². The van der Waals surface area contributed by atoms with E-state index in [9.17, 15) is 5.11 Å². The van der Waals surface area contributed by atoms with Crippen molar-refractivity contribution in [2.75, 3.05) is 20.6 Å². The summed E-state index contributed by atoms with van der Waals surface area (Å²) in [7, 11) is 3.91. The van der Waals surface area contributed by atoms with Crippen LogP contribution in [0.25, 0.3) is 11.1 Å². The Morgan fingerprint density at radius 3 is 2.58 bits per heavy atom. The molecule has 1 unspecified atom stereocenters. The van der Waals surface area contributed by atoms with Crippen LogP contribution in [0.1, 0.15) is 32.8 Å². The fraction of sp³-hybridized carbons (Fsp3) is 0.533. The molecule has 0 saturated carbocycles. The van der Waals surface area contributed by atoms with Crippen LogP contribution in [-0.2, 0) is 5.60 Å². The molecule has 106 valence electrons. The van der Waals surface area contributed by atoms with Crippen LogP contribution in [0.5, 0.6) is 0 Å². The van der Waals surface area contributed by atoms with Gasteiger partial charge in [0.25, 0.3) is 0 Å². The molecule has 1 N–H and O–H groups in total. The molecule has 1 aromatic carbocycles. The molecule has 4 heteroatoms. The van der Waals surface area contributed by atoms with Crippen molar-refractivity contribution in [3.8, 4) is 0 Å². The number of hydrogen-bond donors (Lipinski definition) is 1. The van der Waals surface area contributed by atoms with Crippen LogP contribution in [0.2, 0.25) is 0 Å². The van der Waals surface area contributed by atoms with Crippen LogP contribution in [0.3, 0.4) is 0 Å². The maximum atomic E-state index is 10.7. The van der Waals surface area contributed by atoms with Crippen LogP contribution in [0.4, 0.5) is 0 Å². The third kappa shape index (κ3) is 3.55. The number of fused-ring (bicyclic) bond motifs is 1. The lowest BCUT2D eigenvalue weighted by atomic mass is 9.90. The van der Waals surface area contributed by atoms with Crippen molar-refractivity contribution in [3.05, 3.63) is 30.2 Å². The normalized spacial score (nSPS) is 14.1. The smallest absolute Gasteiger partial charge is 0.181 e. The van der Waals surface area contributed by atoms with Crippen LogP contribution in [-0.4, -0.2) is 35.6 Å². The van der Waals surface area contributed by atoms with Crippen molar-refractivity contribution < 1.29 is 9.52 Å². The molecule has 0 fully saturated rings. The lowest BCUT2D eigenvalue weighted by Crippen LogP contribution is -2.37. The summed E-state index contributed by atoms with van der Waals surface area (Å²) in [5.41, 5.74) is 1.58. The van der Waals surface area contributed by atoms with Crippen LogP contribution in [0, 0.1) is 0 Å². The lowest BCUT2D eigenvalue weighted by Gasteiger charge is -2.30. The molecule has 0 bridgehead atoms. The van der Waals surface area contributed by atoms with E-state index in [2.05, 4.69) is 4.98 Å². The number of rotatable bonds is 4. The molecule has 2 aromatic rings. The highest BCUT2D eigenvalue weighted by Crippen LogP contribution is 2.28. The van der Waals surface area contributed by atoms with Gasteiger partial charge < -0.3 is 14.4 Å². The van der Waals surface area contributed by atoms with Gasteiger partial charge in [-0.15, -0.1) is 0 Å². The van der Waals surface area contributed by atoms with Crippen molar-refractivity contribution in [1.82, 2.24) is 9.88 Å². The van der Waals surface area contributed by atoms with Gasteiger partial charge in [0.15, 0.2) is 12.0 Å². The zero-order valence-electron chi connectivity index (χ0n) is 12.5. The summed E-state index contributed by atoms with van der Waals surface area (Å²) in [5, 5.41) is 10.7. The molecule has 0 spiro atoms. The molecule has 19 heavy (non-hydrogen) atoms. The predicted molar refractivity (Wildman–Crippen MR) is 78.1 cm³/mol. The van der Waals surface area contributed by atoms with Crippen molar-refractivity contribution in [2.24, 2.45) is 0 Å². The minimum Gasteiger partial charge on any atom is -0.443 e. The number of likely N-dealkylation sites (N-methyl/N-ethyl adjacent to an activating group) is 1. The summed E-state index contributed by atoms with van der Waals surface area (Å²) in [4.78, 5) is 6.10. The van der Waals surface area contributed by atoms with Gasteiger partial charge in [0, 0.05) is 6.54 Å². The first-order valence-electron chi connectivity index (χ1n) is 6.76. The van der Waals surface area contributed by atoms with Crippen molar-refractivity contribution in [3.63, 3.8) is 0 Å². The largest absolute Gasteiger partial charge is 0.443 e. The molecule has 0 aliphatic rings. The molecule has 0 saturated heterocycles. The summed E-state index contributed by atoms with van der Waals surface area (Å²) in [6.45, 7) is 6.57. The predicted octanol–water partition coefficient (Wildman–Crippen LogP) is 3.01. The monoisotopic (exact) mass is 264 g/mol. The van der Waals surface area contributed by atoms with Crippen molar-refractivity contribution >= 4 is 11.1 Å². The molecule has 4 nitrogen and oxygen atoms in total. The number of aliphatic hydroxyl groups is 1. The Labute approximate surface area is 115 Å². The first kappa shape index (κ1) is 15.7. The molecular weight excluding hydrogens is 240 g/mol. The molecular formula is C15H24N2O2. The van der Waals surface area contributed by atoms with Gasteiger partial charge in [0.2, 0.25) is 0 Å². The van der Waals surface area contributed by atoms with Crippen LogP contribution in [0.15, 0.2) is 29.0 Å². The SMILES string of the molecule is CC.CCC(O)(CN(C)C)c1ccc2ocnc2c1. The van der Waals surface area contributed by atoms with Crippen molar-refractivity contribution in [2.45, 2.75) is 32.8 Å². The Balaban J connectivity index is 0.000000861. The Kier molecular flexibility index (Phi) is 5.51. The highest BCUT2D eigenvalue weighted by atomic mass is 16.3. The topological polar surface area (TPSA) is 49.5 Å². The Morgan fingerprint density at radius 2 is 2.00 bits per heavy atom. The fourth-order valence-corrected chi connectivity index (χ4v) is 2.08. The van der Waals surface area contributed by atoms with E-state index in [0.717, 1.165) is 16.7 Å². The minimum absolute atomic E-state index is 0.590. The molecule has 2 rings (SSSR count).